The Bertz CT molecular complexity index is 286. The Morgan fingerprint density at radius 3 is 2.92 bits per heavy atom. The number of hydrogen-bond acceptors (Lipinski definition) is 2. The van der Waals surface area contributed by atoms with Gasteiger partial charge in [0.2, 0.25) is 0 Å². The lowest BCUT2D eigenvalue weighted by molar-refractivity contribution is -0.643. The quantitative estimate of drug-likeness (QED) is 0.519. The van der Waals surface area contributed by atoms with Gasteiger partial charge in [0, 0.05) is 17.7 Å². The van der Waals surface area contributed by atoms with Crippen LogP contribution in [0.15, 0.2) is 24.3 Å². The van der Waals surface area contributed by atoms with Gasteiger partial charge in [-0.05, 0) is 0 Å². The van der Waals surface area contributed by atoms with Crippen molar-refractivity contribution in [2.24, 2.45) is 0 Å². The van der Waals surface area contributed by atoms with Gasteiger partial charge in [-0.15, -0.1) is 0 Å². The van der Waals surface area contributed by atoms with Crippen molar-refractivity contribution in [1.29, 1.82) is 0 Å². The van der Waals surface area contributed by atoms with E-state index in [1.54, 1.807) is 12.1 Å². The van der Waals surface area contributed by atoms with E-state index in [1.807, 2.05) is 18.4 Å². The summed E-state index contributed by atoms with van der Waals surface area (Å²) in [5.74, 6) is 0. The van der Waals surface area contributed by atoms with Crippen LogP contribution in [0.1, 0.15) is 5.56 Å². The Morgan fingerprint density at radius 2 is 2.33 bits per heavy atom. The van der Waals surface area contributed by atoms with E-state index >= 15 is 0 Å². The third kappa shape index (κ3) is 2.03. The topological polar surface area (TPSA) is 59.8 Å². The maximum Gasteiger partial charge on any atom is 0.269 e. The van der Waals surface area contributed by atoms with Crippen molar-refractivity contribution in [2.75, 3.05) is 7.05 Å². The summed E-state index contributed by atoms with van der Waals surface area (Å²) in [6, 6.07) is 6.68. The molecule has 0 heterocycles. The minimum atomic E-state index is -0.376. The highest BCUT2D eigenvalue weighted by Gasteiger charge is 2.04. The fourth-order valence-corrected chi connectivity index (χ4v) is 1.03. The highest BCUT2D eigenvalue weighted by Crippen LogP contribution is 2.11. The molecule has 1 aromatic carbocycles. The van der Waals surface area contributed by atoms with Gasteiger partial charge in [-0.25, -0.2) is 0 Å². The zero-order valence-corrected chi connectivity index (χ0v) is 6.86. The van der Waals surface area contributed by atoms with Gasteiger partial charge in [0.05, 0.1) is 12.0 Å². The standard InChI is InChI=1S/C8H10N2O2/c1-9-6-7-3-2-4-8(5-7)10(11)12/h2-5,9H,6H2,1H3/p+1. The van der Waals surface area contributed by atoms with Gasteiger partial charge in [-0.1, -0.05) is 12.1 Å². The van der Waals surface area contributed by atoms with E-state index in [4.69, 9.17) is 0 Å². The zero-order chi connectivity index (χ0) is 8.97. The molecule has 0 aliphatic rings. The molecule has 0 aliphatic carbocycles. The molecule has 0 unspecified atom stereocenters. The van der Waals surface area contributed by atoms with E-state index in [-0.39, 0.29) is 10.6 Å². The number of nitro benzene ring substituents is 1. The van der Waals surface area contributed by atoms with Crippen LogP contribution in [0.4, 0.5) is 5.69 Å². The lowest BCUT2D eigenvalue weighted by Gasteiger charge is -1.96. The van der Waals surface area contributed by atoms with Crippen LogP contribution in [-0.2, 0) is 6.54 Å². The predicted octanol–water partition coefficient (Wildman–Crippen LogP) is 0.288. The molecular weight excluding hydrogens is 156 g/mol. The number of nitrogens with zero attached hydrogens (tertiary/aromatic N) is 1. The van der Waals surface area contributed by atoms with E-state index in [0.717, 1.165) is 12.1 Å². The van der Waals surface area contributed by atoms with Crippen molar-refractivity contribution in [1.82, 2.24) is 0 Å². The fourth-order valence-electron chi connectivity index (χ4n) is 1.03. The zero-order valence-electron chi connectivity index (χ0n) is 6.86. The van der Waals surface area contributed by atoms with Gasteiger partial charge in [-0.3, -0.25) is 10.1 Å². The lowest BCUT2D eigenvalue weighted by Crippen LogP contribution is -2.77. The van der Waals surface area contributed by atoms with E-state index in [9.17, 15) is 10.1 Å². The van der Waals surface area contributed by atoms with E-state index in [0.29, 0.717) is 0 Å². The van der Waals surface area contributed by atoms with E-state index in [2.05, 4.69) is 0 Å². The minimum absolute atomic E-state index is 0.161. The molecule has 12 heavy (non-hydrogen) atoms. The van der Waals surface area contributed by atoms with Crippen LogP contribution in [0.3, 0.4) is 0 Å². The van der Waals surface area contributed by atoms with Crippen LogP contribution in [0, 0.1) is 10.1 Å². The van der Waals surface area contributed by atoms with Crippen molar-refractivity contribution in [2.45, 2.75) is 6.54 Å². The Labute approximate surface area is 70.4 Å². The molecular formula is C8H11N2O2+. The van der Waals surface area contributed by atoms with Crippen molar-refractivity contribution in [3.8, 4) is 0 Å². The van der Waals surface area contributed by atoms with Gasteiger partial charge in [-0.2, -0.15) is 0 Å². The first-order valence-corrected chi connectivity index (χ1v) is 3.75. The SMILES string of the molecule is C[NH2+]Cc1cccc([N+](=O)[O-])c1. The second-order valence-corrected chi connectivity index (χ2v) is 2.54. The Balaban J connectivity index is 2.88. The molecule has 1 rings (SSSR count). The molecule has 4 nitrogen and oxygen atoms in total. The number of non-ortho nitro benzene ring substituents is 1. The van der Waals surface area contributed by atoms with Crippen LogP contribution in [0.2, 0.25) is 0 Å². The average molecular weight is 167 g/mol. The molecule has 0 saturated heterocycles. The van der Waals surface area contributed by atoms with Gasteiger partial charge < -0.3 is 5.32 Å². The molecule has 64 valence electrons. The monoisotopic (exact) mass is 167 g/mol. The van der Waals surface area contributed by atoms with E-state index < -0.39 is 0 Å². The summed E-state index contributed by atoms with van der Waals surface area (Å²) in [5.41, 5.74) is 1.14. The average Bonchev–Trinajstić information content (AvgIpc) is 2.05. The van der Waals surface area contributed by atoms with Crippen LogP contribution >= 0.6 is 0 Å². The number of nitro groups is 1. The Hall–Kier alpha value is -1.42. The first-order valence-electron chi connectivity index (χ1n) is 3.75. The molecule has 1 aromatic rings. The smallest absolute Gasteiger partial charge is 0.269 e. The molecule has 0 aromatic heterocycles. The summed E-state index contributed by atoms with van der Waals surface area (Å²) < 4.78 is 0. The summed E-state index contributed by atoms with van der Waals surface area (Å²) in [6.45, 7) is 0.779. The second kappa shape index (κ2) is 3.82. The van der Waals surface area contributed by atoms with Crippen molar-refractivity contribution < 1.29 is 10.2 Å². The van der Waals surface area contributed by atoms with Gasteiger partial charge in [0.1, 0.15) is 6.54 Å². The molecule has 0 fully saturated rings. The highest BCUT2D eigenvalue weighted by molar-refractivity contribution is 5.33. The number of hydrogen-bond donors (Lipinski definition) is 1. The third-order valence-corrected chi connectivity index (χ3v) is 1.56. The van der Waals surface area contributed by atoms with Crippen LogP contribution in [-0.4, -0.2) is 12.0 Å². The van der Waals surface area contributed by atoms with E-state index in [1.165, 1.54) is 6.07 Å². The third-order valence-electron chi connectivity index (χ3n) is 1.56. The highest BCUT2D eigenvalue weighted by atomic mass is 16.6. The molecule has 4 heteroatoms. The largest absolute Gasteiger partial charge is 0.345 e. The Morgan fingerprint density at radius 1 is 1.58 bits per heavy atom. The molecule has 0 bridgehead atoms. The first-order chi connectivity index (χ1) is 5.74. The van der Waals surface area contributed by atoms with Crippen molar-refractivity contribution >= 4 is 5.69 Å². The summed E-state index contributed by atoms with van der Waals surface area (Å²) in [6.07, 6.45) is 0. The van der Waals surface area contributed by atoms with Crippen molar-refractivity contribution in [3.63, 3.8) is 0 Å². The first kappa shape index (κ1) is 8.67. The summed E-state index contributed by atoms with van der Waals surface area (Å²) in [5, 5.41) is 12.3. The number of quaternary nitrogens is 1. The molecule has 2 N–H and O–H groups in total. The van der Waals surface area contributed by atoms with Crippen LogP contribution in [0.5, 0.6) is 0 Å². The van der Waals surface area contributed by atoms with Gasteiger partial charge in [0.15, 0.2) is 0 Å². The lowest BCUT2D eigenvalue weighted by atomic mass is 10.2. The normalized spacial score (nSPS) is 9.75. The molecule has 0 spiro atoms. The predicted molar refractivity (Wildman–Crippen MR) is 44.6 cm³/mol. The summed E-state index contributed by atoms with van der Waals surface area (Å²) in [7, 11) is 1.93. The molecule has 0 aliphatic heterocycles. The maximum atomic E-state index is 10.4. The van der Waals surface area contributed by atoms with Crippen LogP contribution < -0.4 is 5.32 Å². The maximum absolute atomic E-state index is 10.4. The van der Waals surface area contributed by atoms with Gasteiger partial charge in [0.25, 0.3) is 5.69 Å². The number of nitrogens with two attached hydrogens (primary N) is 1. The summed E-state index contributed by atoms with van der Waals surface area (Å²) in [4.78, 5) is 9.98. The Kier molecular flexibility index (Phi) is 2.76. The minimum Gasteiger partial charge on any atom is -0.345 e. The molecule has 0 radical (unpaired) electrons. The second-order valence-electron chi connectivity index (χ2n) is 2.54. The fraction of sp³-hybridized carbons (Fsp3) is 0.250. The summed E-state index contributed by atoms with van der Waals surface area (Å²) >= 11 is 0. The van der Waals surface area contributed by atoms with Crippen molar-refractivity contribution in [3.05, 3.63) is 39.9 Å². The number of benzene rings is 1. The molecule has 0 saturated carbocycles. The molecule has 0 atom stereocenters. The molecule has 0 amide bonds. The number of rotatable bonds is 3. The van der Waals surface area contributed by atoms with Gasteiger partial charge >= 0.3 is 0 Å². The van der Waals surface area contributed by atoms with Crippen LogP contribution in [0.25, 0.3) is 0 Å².